The summed E-state index contributed by atoms with van der Waals surface area (Å²) in [5, 5.41) is 18.3. The van der Waals surface area contributed by atoms with E-state index in [0.29, 0.717) is 35.3 Å². The van der Waals surface area contributed by atoms with Crippen LogP contribution < -0.4 is 0 Å². The van der Waals surface area contributed by atoms with Crippen LogP contribution >= 0.6 is 23.2 Å². The SMILES string of the molecule is C[C@@H]1C[C@H]2C(=O)N([C@H](CCC(=N)CO)C(=O)CCc3ccc(Cl)c(Cl)c3)CCC(CCc3ccccc3)N2C1. The lowest BCUT2D eigenvalue weighted by atomic mass is 9.96. The van der Waals surface area contributed by atoms with Crippen molar-refractivity contribution in [2.24, 2.45) is 5.92 Å². The Hall–Kier alpha value is -2.25. The molecule has 39 heavy (non-hydrogen) atoms. The third-order valence-corrected chi connectivity index (χ3v) is 8.94. The molecular weight excluding hydrogens is 533 g/mol. The Kier molecular flexibility index (Phi) is 10.6. The fraction of sp³-hybridized carbons (Fsp3) is 0.516. The van der Waals surface area contributed by atoms with Crippen LogP contribution in [0.5, 0.6) is 0 Å². The second kappa shape index (κ2) is 13.9. The van der Waals surface area contributed by atoms with E-state index in [1.807, 2.05) is 12.1 Å². The molecule has 8 heteroatoms. The average Bonchev–Trinajstić information content (AvgIpc) is 3.28. The van der Waals surface area contributed by atoms with E-state index < -0.39 is 6.04 Å². The number of amides is 1. The maximum atomic E-state index is 14.0. The van der Waals surface area contributed by atoms with E-state index >= 15 is 0 Å². The number of ketones is 1. The van der Waals surface area contributed by atoms with E-state index in [0.717, 1.165) is 37.8 Å². The Morgan fingerprint density at radius 1 is 1.08 bits per heavy atom. The van der Waals surface area contributed by atoms with Gasteiger partial charge in [0, 0.05) is 31.3 Å². The van der Waals surface area contributed by atoms with Crippen molar-refractivity contribution in [3.8, 4) is 0 Å². The Balaban J connectivity index is 1.51. The van der Waals surface area contributed by atoms with Crippen LogP contribution in [-0.4, -0.2) is 70.1 Å². The maximum absolute atomic E-state index is 14.0. The molecule has 0 spiro atoms. The summed E-state index contributed by atoms with van der Waals surface area (Å²) >= 11 is 12.2. The molecule has 2 aliphatic rings. The number of nitrogens with one attached hydrogen (secondary N) is 1. The van der Waals surface area contributed by atoms with Gasteiger partial charge in [-0.05, 0) is 74.1 Å². The quantitative estimate of drug-likeness (QED) is 0.325. The summed E-state index contributed by atoms with van der Waals surface area (Å²) in [6.07, 6.45) is 4.94. The van der Waals surface area contributed by atoms with Gasteiger partial charge in [-0.15, -0.1) is 0 Å². The molecule has 210 valence electrons. The summed E-state index contributed by atoms with van der Waals surface area (Å²) in [7, 11) is 0. The van der Waals surface area contributed by atoms with Crippen molar-refractivity contribution in [3.63, 3.8) is 0 Å². The monoisotopic (exact) mass is 571 g/mol. The van der Waals surface area contributed by atoms with Crippen molar-refractivity contribution in [2.75, 3.05) is 19.7 Å². The first-order valence-electron chi connectivity index (χ1n) is 14.0. The fourth-order valence-corrected chi connectivity index (χ4v) is 6.41. The zero-order chi connectivity index (χ0) is 27.9. The van der Waals surface area contributed by atoms with Gasteiger partial charge >= 0.3 is 0 Å². The summed E-state index contributed by atoms with van der Waals surface area (Å²) in [4.78, 5) is 31.9. The molecule has 2 saturated heterocycles. The lowest BCUT2D eigenvalue weighted by Crippen LogP contribution is -2.50. The lowest BCUT2D eigenvalue weighted by Gasteiger charge is -2.32. The molecule has 0 aromatic heterocycles. The molecule has 4 atom stereocenters. The average molecular weight is 573 g/mol. The van der Waals surface area contributed by atoms with E-state index in [2.05, 4.69) is 36.1 Å². The number of aliphatic hydroxyl groups is 1. The summed E-state index contributed by atoms with van der Waals surface area (Å²) in [5.74, 6) is 0.440. The number of hydrogen-bond acceptors (Lipinski definition) is 5. The molecule has 1 amide bonds. The molecule has 2 N–H and O–H groups in total. The maximum Gasteiger partial charge on any atom is 0.240 e. The number of nitrogens with zero attached hydrogens (tertiary/aromatic N) is 2. The van der Waals surface area contributed by atoms with Crippen LogP contribution in [0.25, 0.3) is 0 Å². The number of Topliss-reactive ketones (excluding diaryl/α,β-unsaturated/α-hetero) is 1. The second-order valence-corrected chi connectivity index (χ2v) is 11.9. The van der Waals surface area contributed by atoms with Gasteiger partial charge in [-0.25, -0.2) is 0 Å². The summed E-state index contributed by atoms with van der Waals surface area (Å²) < 4.78 is 0. The number of fused-ring (bicyclic) bond motifs is 1. The first-order valence-corrected chi connectivity index (χ1v) is 14.8. The molecule has 4 rings (SSSR count). The molecule has 0 radical (unpaired) electrons. The predicted molar refractivity (Wildman–Crippen MR) is 157 cm³/mol. The van der Waals surface area contributed by atoms with E-state index in [1.54, 1.807) is 17.0 Å². The van der Waals surface area contributed by atoms with Crippen LogP contribution in [0.15, 0.2) is 48.5 Å². The van der Waals surface area contributed by atoms with Crippen LogP contribution in [0.4, 0.5) is 0 Å². The molecule has 6 nitrogen and oxygen atoms in total. The number of halogens is 2. The van der Waals surface area contributed by atoms with Crippen LogP contribution in [0, 0.1) is 11.3 Å². The normalized spacial score (nSPS) is 22.4. The summed E-state index contributed by atoms with van der Waals surface area (Å²) in [5.41, 5.74) is 2.39. The van der Waals surface area contributed by atoms with Gasteiger partial charge in [-0.1, -0.05) is 66.5 Å². The predicted octanol–water partition coefficient (Wildman–Crippen LogP) is 5.60. The highest BCUT2D eigenvalue weighted by molar-refractivity contribution is 6.42. The number of aryl methyl sites for hydroxylation is 2. The highest BCUT2D eigenvalue weighted by Crippen LogP contribution is 2.33. The van der Waals surface area contributed by atoms with E-state index in [-0.39, 0.29) is 48.9 Å². The number of aliphatic hydroxyl groups excluding tert-OH is 1. The van der Waals surface area contributed by atoms with Gasteiger partial charge < -0.3 is 15.4 Å². The van der Waals surface area contributed by atoms with Crippen molar-refractivity contribution in [3.05, 3.63) is 69.7 Å². The van der Waals surface area contributed by atoms with E-state index in [4.69, 9.17) is 28.6 Å². The number of benzene rings is 2. The van der Waals surface area contributed by atoms with Gasteiger partial charge in [-0.3, -0.25) is 14.5 Å². The van der Waals surface area contributed by atoms with Crippen LogP contribution in [0.3, 0.4) is 0 Å². The molecule has 2 aromatic rings. The largest absolute Gasteiger partial charge is 0.390 e. The van der Waals surface area contributed by atoms with Crippen LogP contribution in [0.2, 0.25) is 10.0 Å². The van der Waals surface area contributed by atoms with Crippen molar-refractivity contribution < 1.29 is 14.7 Å². The Labute approximate surface area is 241 Å². The Morgan fingerprint density at radius 2 is 1.85 bits per heavy atom. The fourth-order valence-electron chi connectivity index (χ4n) is 6.09. The number of rotatable bonds is 12. The highest BCUT2D eigenvalue weighted by Gasteiger charge is 2.45. The molecule has 1 unspecified atom stereocenters. The van der Waals surface area contributed by atoms with Gasteiger partial charge in [-0.2, -0.15) is 0 Å². The first-order chi connectivity index (χ1) is 18.8. The standard InChI is InChI=1S/C31H39Cl2N3O3/c1-21-17-29-31(39)35(16-15-25(36(29)19-21)11-7-22-5-3-2-4-6-22)28(13-10-24(34)20-37)30(38)14-9-23-8-12-26(32)27(33)18-23/h2-6,8,12,18,21,25,28-29,34,37H,7,9-11,13-17,19-20H2,1H3/t21-,25?,28-,29+/m1/s1. The number of carbonyl (C=O) groups excluding carboxylic acids is 2. The molecule has 2 fully saturated rings. The third-order valence-electron chi connectivity index (χ3n) is 8.20. The zero-order valence-electron chi connectivity index (χ0n) is 22.6. The lowest BCUT2D eigenvalue weighted by molar-refractivity contribution is -0.142. The third kappa shape index (κ3) is 7.69. The van der Waals surface area contributed by atoms with Crippen molar-refractivity contribution in [2.45, 2.75) is 76.4 Å². The first kappa shape index (κ1) is 29.7. The Bertz CT molecular complexity index is 1160. The molecule has 2 heterocycles. The van der Waals surface area contributed by atoms with Gasteiger partial charge in [0.2, 0.25) is 5.91 Å². The molecule has 0 saturated carbocycles. The topological polar surface area (TPSA) is 84.7 Å². The van der Waals surface area contributed by atoms with Gasteiger partial charge in [0.1, 0.15) is 0 Å². The van der Waals surface area contributed by atoms with Crippen LogP contribution in [-0.2, 0) is 22.4 Å². The molecule has 0 aliphatic carbocycles. The summed E-state index contributed by atoms with van der Waals surface area (Å²) in [6, 6.07) is 15.3. The smallest absolute Gasteiger partial charge is 0.240 e. The van der Waals surface area contributed by atoms with E-state index in [1.165, 1.54) is 5.56 Å². The molecule has 2 aliphatic heterocycles. The van der Waals surface area contributed by atoms with Crippen molar-refractivity contribution >= 4 is 40.6 Å². The van der Waals surface area contributed by atoms with Gasteiger partial charge in [0.05, 0.1) is 28.7 Å². The minimum Gasteiger partial charge on any atom is -0.390 e. The number of hydrogen-bond donors (Lipinski definition) is 2. The minimum absolute atomic E-state index is 0.0134. The van der Waals surface area contributed by atoms with Crippen LogP contribution in [0.1, 0.15) is 56.6 Å². The van der Waals surface area contributed by atoms with Crippen molar-refractivity contribution in [1.82, 2.24) is 9.80 Å². The number of carbonyl (C=O) groups is 2. The highest BCUT2D eigenvalue weighted by atomic mass is 35.5. The Morgan fingerprint density at radius 3 is 2.56 bits per heavy atom. The van der Waals surface area contributed by atoms with Gasteiger partial charge in [0.15, 0.2) is 5.78 Å². The molecular formula is C31H39Cl2N3O3. The molecule has 0 bridgehead atoms. The zero-order valence-corrected chi connectivity index (χ0v) is 24.1. The summed E-state index contributed by atoms with van der Waals surface area (Å²) in [6.45, 7) is 3.28. The van der Waals surface area contributed by atoms with Gasteiger partial charge in [0.25, 0.3) is 0 Å². The van der Waals surface area contributed by atoms with Crippen molar-refractivity contribution in [1.29, 1.82) is 5.41 Å². The second-order valence-electron chi connectivity index (χ2n) is 11.1. The molecule has 2 aromatic carbocycles. The van der Waals surface area contributed by atoms with E-state index in [9.17, 15) is 14.7 Å². The minimum atomic E-state index is -0.613.